The van der Waals surface area contributed by atoms with Gasteiger partial charge < -0.3 is 14.4 Å². The number of amides is 1. The van der Waals surface area contributed by atoms with Gasteiger partial charge in [0.2, 0.25) is 5.88 Å². The smallest absolute Gasteiger partial charge is 0.272 e. The summed E-state index contributed by atoms with van der Waals surface area (Å²) in [5, 5.41) is 4.25. The fraction of sp³-hybridized carbons (Fsp3) is 0.471. The molecule has 128 valence electrons. The van der Waals surface area contributed by atoms with E-state index in [1.807, 2.05) is 30.0 Å². The van der Waals surface area contributed by atoms with Crippen LogP contribution < -0.4 is 4.74 Å². The highest BCUT2D eigenvalue weighted by molar-refractivity contribution is 5.92. The van der Waals surface area contributed by atoms with Gasteiger partial charge in [0.15, 0.2) is 0 Å². The molecule has 0 saturated carbocycles. The lowest BCUT2D eigenvalue weighted by Crippen LogP contribution is -2.37. The molecule has 7 heteroatoms. The van der Waals surface area contributed by atoms with E-state index in [0.29, 0.717) is 37.9 Å². The van der Waals surface area contributed by atoms with Crippen molar-refractivity contribution in [2.24, 2.45) is 7.05 Å². The lowest BCUT2D eigenvalue weighted by molar-refractivity contribution is 0.0722. The van der Waals surface area contributed by atoms with Gasteiger partial charge in [-0.05, 0) is 18.6 Å². The summed E-state index contributed by atoms with van der Waals surface area (Å²) in [6, 6.07) is 5.65. The summed E-state index contributed by atoms with van der Waals surface area (Å²) < 4.78 is 12.1. The van der Waals surface area contributed by atoms with Crippen molar-refractivity contribution in [2.75, 3.05) is 26.9 Å². The van der Waals surface area contributed by atoms with Crippen molar-refractivity contribution < 1.29 is 14.3 Å². The maximum absolute atomic E-state index is 12.7. The molecule has 1 aliphatic rings. The van der Waals surface area contributed by atoms with E-state index in [9.17, 15) is 4.79 Å². The fourth-order valence-corrected chi connectivity index (χ4v) is 2.85. The van der Waals surface area contributed by atoms with E-state index in [1.54, 1.807) is 18.8 Å². The number of methoxy groups -OCH3 is 1. The molecule has 1 amide bonds. The number of ether oxygens (including phenoxy) is 2. The molecule has 2 aromatic rings. The average molecular weight is 330 g/mol. The van der Waals surface area contributed by atoms with Crippen molar-refractivity contribution in [1.29, 1.82) is 0 Å². The number of rotatable bonds is 5. The van der Waals surface area contributed by atoms with Crippen LogP contribution in [-0.2, 0) is 24.8 Å². The zero-order valence-corrected chi connectivity index (χ0v) is 14.3. The van der Waals surface area contributed by atoms with Gasteiger partial charge in [-0.3, -0.25) is 9.48 Å². The summed E-state index contributed by atoms with van der Waals surface area (Å²) in [6.45, 7) is 4.10. The third-order valence-electron chi connectivity index (χ3n) is 4.07. The van der Waals surface area contributed by atoms with Gasteiger partial charge in [-0.2, -0.15) is 5.10 Å². The van der Waals surface area contributed by atoms with Crippen LogP contribution in [0, 0.1) is 6.92 Å². The maximum Gasteiger partial charge on any atom is 0.272 e. The lowest BCUT2D eigenvalue weighted by Gasteiger charge is -2.28. The van der Waals surface area contributed by atoms with Gasteiger partial charge in [-0.25, -0.2) is 4.98 Å². The first-order chi connectivity index (χ1) is 11.6. The summed E-state index contributed by atoms with van der Waals surface area (Å²) in [5.74, 6) is 0.608. The highest BCUT2D eigenvalue weighted by Gasteiger charge is 2.25. The summed E-state index contributed by atoms with van der Waals surface area (Å²) in [6.07, 6.45) is 0.722. The first-order valence-corrected chi connectivity index (χ1v) is 7.99. The molecular formula is C17H22N4O3. The number of aromatic nitrogens is 3. The highest BCUT2D eigenvalue weighted by atomic mass is 16.5. The number of carbonyl (C=O) groups excluding carboxylic acids is 1. The molecular weight excluding hydrogens is 308 g/mol. The van der Waals surface area contributed by atoms with Crippen molar-refractivity contribution in [2.45, 2.75) is 19.9 Å². The SMILES string of the molecule is COCCOc1ccc2c(n1)CCN(C(=O)c1cc(C)nn1C)C2. The van der Waals surface area contributed by atoms with Crippen LogP contribution in [-0.4, -0.2) is 52.4 Å². The van der Waals surface area contributed by atoms with Crippen LogP contribution in [0.1, 0.15) is 27.4 Å². The minimum absolute atomic E-state index is 0.00386. The van der Waals surface area contributed by atoms with E-state index >= 15 is 0 Å². The Kier molecular flexibility index (Phi) is 4.80. The summed E-state index contributed by atoms with van der Waals surface area (Å²) in [5.41, 5.74) is 3.52. The Morgan fingerprint density at radius 1 is 1.33 bits per heavy atom. The second-order valence-corrected chi connectivity index (χ2v) is 5.87. The van der Waals surface area contributed by atoms with Gasteiger partial charge in [0.1, 0.15) is 12.3 Å². The third-order valence-corrected chi connectivity index (χ3v) is 4.07. The van der Waals surface area contributed by atoms with Crippen molar-refractivity contribution >= 4 is 5.91 Å². The third kappa shape index (κ3) is 3.41. The van der Waals surface area contributed by atoms with E-state index in [1.165, 1.54) is 0 Å². The van der Waals surface area contributed by atoms with Gasteiger partial charge in [-0.15, -0.1) is 0 Å². The molecule has 0 fully saturated rings. The molecule has 2 aromatic heterocycles. The standard InChI is InChI=1S/C17H22N4O3/c1-12-10-15(20(2)19-12)17(22)21-7-6-14-13(11-21)4-5-16(18-14)24-9-8-23-3/h4-5,10H,6-9,11H2,1-3H3. The molecule has 0 radical (unpaired) electrons. The topological polar surface area (TPSA) is 69.5 Å². The molecule has 24 heavy (non-hydrogen) atoms. The molecule has 0 saturated heterocycles. The molecule has 0 atom stereocenters. The van der Waals surface area contributed by atoms with Crippen molar-refractivity contribution in [3.8, 4) is 5.88 Å². The molecule has 0 unspecified atom stereocenters. The summed E-state index contributed by atoms with van der Waals surface area (Å²) in [4.78, 5) is 19.1. The second-order valence-electron chi connectivity index (χ2n) is 5.87. The van der Waals surface area contributed by atoms with E-state index in [4.69, 9.17) is 9.47 Å². The Morgan fingerprint density at radius 3 is 2.88 bits per heavy atom. The highest BCUT2D eigenvalue weighted by Crippen LogP contribution is 2.22. The van der Waals surface area contributed by atoms with Crippen LogP contribution in [0.2, 0.25) is 0 Å². The van der Waals surface area contributed by atoms with Crippen LogP contribution in [0.15, 0.2) is 18.2 Å². The number of fused-ring (bicyclic) bond motifs is 1. The lowest BCUT2D eigenvalue weighted by atomic mass is 10.1. The largest absolute Gasteiger partial charge is 0.475 e. The number of hydrogen-bond donors (Lipinski definition) is 0. The fourth-order valence-electron chi connectivity index (χ4n) is 2.85. The van der Waals surface area contributed by atoms with Crippen molar-refractivity contribution in [3.63, 3.8) is 0 Å². The van der Waals surface area contributed by atoms with Crippen molar-refractivity contribution in [1.82, 2.24) is 19.7 Å². The first-order valence-electron chi connectivity index (χ1n) is 7.99. The second kappa shape index (κ2) is 7.00. The average Bonchev–Trinajstić information content (AvgIpc) is 2.92. The Balaban J connectivity index is 1.70. The Labute approximate surface area is 141 Å². The monoisotopic (exact) mass is 330 g/mol. The maximum atomic E-state index is 12.7. The molecule has 3 rings (SSSR count). The van der Waals surface area contributed by atoms with Gasteiger partial charge in [-0.1, -0.05) is 6.07 Å². The van der Waals surface area contributed by atoms with E-state index in [-0.39, 0.29) is 5.91 Å². The molecule has 0 aromatic carbocycles. The Morgan fingerprint density at radius 2 is 2.17 bits per heavy atom. The van der Waals surface area contributed by atoms with Crippen LogP contribution in [0.4, 0.5) is 0 Å². The predicted molar refractivity (Wildman–Crippen MR) is 88.0 cm³/mol. The van der Waals surface area contributed by atoms with Crippen LogP contribution >= 0.6 is 0 Å². The van der Waals surface area contributed by atoms with Crippen molar-refractivity contribution in [3.05, 3.63) is 40.8 Å². The molecule has 0 bridgehead atoms. The molecule has 1 aliphatic heterocycles. The van der Waals surface area contributed by atoms with Gasteiger partial charge in [0, 0.05) is 39.7 Å². The van der Waals surface area contributed by atoms with Crippen LogP contribution in [0.5, 0.6) is 5.88 Å². The number of hydrogen-bond acceptors (Lipinski definition) is 5. The minimum Gasteiger partial charge on any atom is -0.475 e. The van der Waals surface area contributed by atoms with E-state index in [2.05, 4.69) is 10.1 Å². The zero-order chi connectivity index (χ0) is 17.1. The molecule has 0 spiro atoms. The number of nitrogens with zero attached hydrogens (tertiary/aromatic N) is 4. The minimum atomic E-state index is 0.00386. The van der Waals surface area contributed by atoms with Crippen LogP contribution in [0.25, 0.3) is 0 Å². The van der Waals surface area contributed by atoms with E-state index in [0.717, 1.165) is 23.4 Å². The molecule has 0 N–H and O–H groups in total. The number of pyridine rings is 1. The Bertz CT molecular complexity index is 741. The van der Waals surface area contributed by atoms with Gasteiger partial charge >= 0.3 is 0 Å². The quantitative estimate of drug-likeness (QED) is 0.774. The Hall–Kier alpha value is -2.41. The summed E-state index contributed by atoms with van der Waals surface area (Å²) in [7, 11) is 3.43. The van der Waals surface area contributed by atoms with Gasteiger partial charge in [0.25, 0.3) is 5.91 Å². The molecule has 3 heterocycles. The first kappa shape index (κ1) is 16.4. The summed E-state index contributed by atoms with van der Waals surface area (Å²) >= 11 is 0. The predicted octanol–water partition coefficient (Wildman–Crippen LogP) is 1.35. The normalized spacial score (nSPS) is 13.7. The number of aryl methyl sites for hydroxylation is 2. The van der Waals surface area contributed by atoms with Crippen LogP contribution in [0.3, 0.4) is 0 Å². The molecule has 0 aliphatic carbocycles. The molecule has 7 nitrogen and oxygen atoms in total. The van der Waals surface area contributed by atoms with E-state index < -0.39 is 0 Å². The number of carbonyl (C=O) groups is 1. The zero-order valence-electron chi connectivity index (χ0n) is 14.3. The van der Waals surface area contributed by atoms with Gasteiger partial charge in [0.05, 0.1) is 18.0 Å².